The molecule has 1 heterocycles. The monoisotopic (exact) mass is 299 g/mol. The molecule has 2 N–H and O–H groups in total. The Morgan fingerprint density at radius 1 is 1.42 bits per heavy atom. The van der Waals surface area contributed by atoms with Gasteiger partial charge >= 0.3 is 0 Å². The topological polar surface area (TPSA) is 87.2 Å². The molecule has 0 saturated carbocycles. The van der Waals surface area contributed by atoms with Crippen molar-refractivity contribution in [2.24, 2.45) is 5.73 Å². The van der Waals surface area contributed by atoms with E-state index in [1.54, 1.807) is 0 Å². The summed E-state index contributed by atoms with van der Waals surface area (Å²) in [5.41, 5.74) is 6.19. The molecule has 0 aromatic heterocycles. The highest BCUT2D eigenvalue weighted by atomic mass is 35.5. The lowest BCUT2D eigenvalue weighted by Crippen LogP contribution is -2.48. The number of halogens is 1. The van der Waals surface area contributed by atoms with Crippen LogP contribution in [0.4, 0.5) is 0 Å². The normalized spacial score (nSPS) is 21.0. The number of hydrogen-bond donors (Lipinski definition) is 1. The Labute approximate surface area is 117 Å². The Morgan fingerprint density at radius 2 is 2.16 bits per heavy atom. The van der Waals surface area contributed by atoms with Crippen LogP contribution >= 0.6 is 11.6 Å². The maximum Gasteiger partial charge on any atom is 0.245 e. The molecule has 1 aromatic carbocycles. The van der Waals surface area contributed by atoms with Crippen molar-refractivity contribution in [2.75, 3.05) is 6.54 Å². The summed E-state index contributed by atoms with van der Waals surface area (Å²) < 4.78 is 26.3. The molecule has 1 atom stereocenters. The standard InChI is InChI=1S/C12H14ClN3O2S/c13-10-7-9(8-14)4-5-11(10)19(17,18)16-6-2-1-3-12(16)15/h4-5,7,12H,1-3,6,15H2. The zero-order valence-electron chi connectivity index (χ0n) is 10.2. The van der Waals surface area contributed by atoms with E-state index < -0.39 is 16.2 Å². The van der Waals surface area contributed by atoms with Gasteiger partial charge in [-0.25, -0.2) is 8.42 Å². The Balaban J connectivity index is 2.42. The Bertz CT molecular complexity index is 624. The van der Waals surface area contributed by atoms with E-state index in [1.165, 1.54) is 22.5 Å². The highest BCUT2D eigenvalue weighted by molar-refractivity contribution is 7.89. The molecule has 19 heavy (non-hydrogen) atoms. The van der Waals surface area contributed by atoms with Gasteiger partial charge in [-0.05, 0) is 37.5 Å². The first-order valence-electron chi connectivity index (χ1n) is 5.94. The van der Waals surface area contributed by atoms with E-state index in [-0.39, 0.29) is 9.92 Å². The highest BCUT2D eigenvalue weighted by Crippen LogP contribution is 2.28. The fraction of sp³-hybridized carbons (Fsp3) is 0.417. The molecule has 1 aliphatic rings. The lowest BCUT2D eigenvalue weighted by molar-refractivity contribution is 0.258. The van der Waals surface area contributed by atoms with E-state index in [4.69, 9.17) is 22.6 Å². The van der Waals surface area contributed by atoms with Crippen LogP contribution in [0.25, 0.3) is 0 Å². The molecule has 0 radical (unpaired) electrons. The Kier molecular flexibility index (Phi) is 4.11. The second-order valence-corrected chi connectivity index (χ2v) is 6.70. The minimum atomic E-state index is -3.70. The molecular weight excluding hydrogens is 286 g/mol. The van der Waals surface area contributed by atoms with Gasteiger partial charge in [0, 0.05) is 6.54 Å². The van der Waals surface area contributed by atoms with Gasteiger partial charge in [0.1, 0.15) is 4.90 Å². The van der Waals surface area contributed by atoms with Crippen molar-refractivity contribution in [3.8, 4) is 6.07 Å². The van der Waals surface area contributed by atoms with Crippen molar-refractivity contribution in [1.29, 1.82) is 5.26 Å². The molecule has 7 heteroatoms. The van der Waals surface area contributed by atoms with Crippen molar-refractivity contribution < 1.29 is 8.42 Å². The maximum atomic E-state index is 12.5. The molecule has 0 aliphatic carbocycles. The zero-order valence-corrected chi connectivity index (χ0v) is 11.8. The largest absolute Gasteiger partial charge is 0.315 e. The molecule has 2 rings (SSSR count). The van der Waals surface area contributed by atoms with Crippen molar-refractivity contribution in [1.82, 2.24) is 4.31 Å². The smallest absolute Gasteiger partial charge is 0.245 e. The molecule has 1 saturated heterocycles. The van der Waals surface area contributed by atoms with Crippen LogP contribution in [-0.2, 0) is 10.0 Å². The molecule has 0 amide bonds. The number of nitrogens with two attached hydrogens (primary N) is 1. The molecule has 102 valence electrons. The van der Waals surface area contributed by atoms with Gasteiger partial charge in [0.2, 0.25) is 10.0 Å². The third-order valence-corrected chi connectivity index (χ3v) is 5.55. The number of benzene rings is 1. The van der Waals surface area contributed by atoms with E-state index in [9.17, 15) is 8.42 Å². The second kappa shape index (κ2) is 5.47. The van der Waals surface area contributed by atoms with E-state index in [2.05, 4.69) is 0 Å². The lowest BCUT2D eigenvalue weighted by atomic mass is 10.1. The van der Waals surface area contributed by atoms with E-state index in [1.807, 2.05) is 6.07 Å². The second-order valence-electron chi connectivity index (χ2n) is 4.44. The molecular formula is C12H14ClN3O2S. The third-order valence-electron chi connectivity index (χ3n) is 3.15. The number of rotatable bonds is 2. The minimum Gasteiger partial charge on any atom is -0.315 e. The SMILES string of the molecule is N#Cc1ccc(S(=O)(=O)N2CCCCC2N)c(Cl)c1. The number of sulfonamides is 1. The third kappa shape index (κ3) is 2.74. The number of hydrogen-bond acceptors (Lipinski definition) is 4. The fourth-order valence-electron chi connectivity index (χ4n) is 2.14. The average molecular weight is 300 g/mol. The van der Waals surface area contributed by atoms with Crippen LogP contribution in [0, 0.1) is 11.3 Å². The quantitative estimate of drug-likeness (QED) is 0.900. The van der Waals surface area contributed by atoms with Gasteiger partial charge in [-0.2, -0.15) is 9.57 Å². The maximum absolute atomic E-state index is 12.5. The number of piperidine rings is 1. The Morgan fingerprint density at radius 3 is 2.74 bits per heavy atom. The van der Waals surface area contributed by atoms with Gasteiger partial charge < -0.3 is 5.73 Å². The summed E-state index contributed by atoms with van der Waals surface area (Å²) in [6.45, 7) is 0.403. The number of nitrogens with zero attached hydrogens (tertiary/aromatic N) is 2. The van der Waals surface area contributed by atoms with Gasteiger partial charge in [-0.3, -0.25) is 0 Å². The fourth-order valence-corrected chi connectivity index (χ4v) is 4.24. The highest BCUT2D eigenvalue weighted by Gasteiger charge is 2.32. The first kappa shape index (κ1) is 14.3. The zero-order chi connectivity index (χ0) is 14.0. The van der Waals surface area contributed by atoms with Crippen LogP contribution in [-0.4, -0.2) is 25.4 Å². The van der Waals surface area contributed by atoms with Gasteiger partial charge in [-0.1, -0.05) is 11.6 Å². The Hall–Kier alpha value is -1.13. The number of nitriles is 1. The van der Waals surface area contributed by atoms with E-state index >= 15 is 0 Å². The van der Waals surface area contributed by atoms with Gasteiger partial charge in [0.25, 0.3) is 0 Å². The first-order valence-corrected chi connectivity index (χ1v) is 7.75. The van der Waals surface area contributed by atoms with Crippen molar-refractivity contribution in [3.63, 3.8) is 0 Å². The van der Waals surface area contributed by atoms with Crippen LogP contribution < -0.4 is 5.73 Å². The van der Waals surface area contributed by atoms with Crippen LogP contribution in [0.5, 0.6) is 0 Å². The molecule has 0 spiro atoms. The first-order chi connectivity index (χ1) is 8.96. The average Bonchev–Trinajstić information content (AvgIpc) is 2.38. The van der Waals surface area contributed by atoms with Crippen molar-refractivity contribution in [3.05, 3.63) is 28.8 Å². The summed E-state index contributed by atoms with van der Waals surface area (Å²) in [6.07, 6.45) is 1.85. The summed E-state index contributed by atoms with van der Waals surface area (Å²) >= 11 is 5.96. The molecule has 1 unspecified atom stereocenters. The summed E-state index contributed by atoms with van der Waals surface area (Å²) in [4.78, 5) is 0.00511. The van der Waals surface area contributed by atoms with E-state index in [0.717, 1.165) is 12.8 Å². The van der Waals surface area contributed by atoms with Gasteiger partial charge in [-0.15, -0.1) is 0 Å². The summed E-state index contributed by atoms with van der Waals surface area (Å²) in [5.74, 6) is 0. The van der Waals surface area contributed by atoms with E-state index in [0.29, 0.717) is 18.5 Å². The minimum absolute atomic E-state index is 0.00511. The summed E-state index contributed by atoms with van der Waals surface area (Å²) in [7, 11) is -3.70. The van der Waals surface area contributed by atoms with Gasteiger partial charge in [0.15, 0.2) is 0 Å². The summed E-state index contributed by atoms with van der Waals surface area (Å²) in [6, 6.07) is 6.07. The summed E-state index contributed by atoms with van der Waals surface area (Å²) in [5, 5.41) is 8.81. The predicted molar refractivity (Wildman–Crippen MR) is 71.9 cm³/mol. The lowest BCUT2D eigenvalue weighted by Gasteiger charge is -2.32. The molecule has 0 bridgehead atoms. The molecule has 1 aliphatic heterocycles. The molecule has 1 aromatic rings. The van der Waals surface area contributed by atoms with Crippen molar-refractivity contribution in [2.45, 2.75) is 30.3 Å². The van der Waals surface area contributed by atoms with Crippen LogP contribution in [0.3, 0.4) is 0 Å². The van der Waals surface area contributed by atoms with Crippen LogP contribution in [0.2, 0.25) is 5.02 Å². The molecule has 1 fully saturated rings. The van der Waals surface area contributed by atoms with Gasteiger partial charge in [0.05, 0.1) is 22.8 Å². The van der Waals surface area contributed by atoms with Crippen LogP contribution in [0.15, 0.2) is 23.1 Å². The van der Waals surface area contributed by atoms with Crippen LogP contribution in [0.1, 0.15) is 24.8 Å². The van der Waals surface area contributed by atoms with Crippen molar-refractivity contribution >= 4 is 21.6 Å². The predicted octanol–water partition coefficient (Wildman–Crippen LogP) is 1.67. The molecule has 5 nitrogen and oxygen atoms in total.